The van der Waals surface area contributed by atoms with Crippen LogP contribution in [0.2, 0.25) is 0 Å². The zero-order chi connectivity index (χ0) is 17.4. The lowest BCUT2D eigenvalue weighted by Gasteiger charge is -2.33. The third-order valence-corrected chi connectivity index (χ3v) is 4.46. The number of anilines is 1. The molecular weight excluding hydrogens is 316 g/mol. The normalized spacial score (nSPS) is 19.2. The summed E-state index contributed by atoms with van der Waals surface area (Å²) in [6.07, 6.45) is 2.04. The quantitative estimate of drug-likeness (QED) is 0.731. The highest BCUT2D eigenvalue weighted by molar-refractivity contribution is 6.06. The van der Waals surface area contributed by atoms with Crippen LogP contribution in [0.3, 0.4) is 0 Å². The molecule has 3 aromatic rings. The van der Waals surface area contributed by atoms with Crippen molar-refractivity contribution < 1.29 is 14.3 Å². The van der Waals surface area contributed by atoms with Crippen molar-refractivity contribution in [2.24, 2.45) is 0 Å². The number of rotatable bonds is 2. The Hall–Kier alpha value is -3.21. The van der Waals surface area contributed by atoms with Crippen molar-refractivity contribution in [1.29, 1.82) is 0 Å². The molecule has 0 radical (unpaired) electrons. The number of nitrogens with zero attached hydrogens (tertiary/aromatic N) is 1. The van der Waals surface area contributed by atoms with E-state index in [1.54, 1.807) is 25.3 Å². The van der Waals surface area contributed by atoms with Gasteiger partial charge in [0.1, 0.15) is 0 Å². The first-order valence-corrected chi connectivity index (χ1v) is 8.03. The van der Waals surface area contributed by atoms with E-state index in [4.69, 9.17) is 4.74 Å². The van der Waals surface area contributed by atoms with Crippen molar-refractivity contribution in [3.05, 3.63) is 71.9 Å². The highest BCUT2D eigenvalue weighted by Gasteiger charge is 2.42. The Morgan fingerprint density at radius 1 is 1.12 bits per heavy atom. The van der Waals surface area contributed by atoms with Crippen molar-refractivity contribution in [3.8, 4) is 0 Å². The van der Waals surface area contributed by atoms with E-state index in [0.29, 0.717) is 17.7 Å². The molecule has 4 rings (SSSR count). The largest absolute Gasteiger partial charge is 0.445 e. The monoisotopic (exact) mass is 332 g/mol. The number of carbonyl (C=O) groups is 2. The summed E-state index contributed by atoms with van der Waals surface area (Å²) in [6.45, 7) is 1.64. The molecule has 5 nitrogen and oxygen atoms in total. The Morgan fingerprint density at radius 2 is 1.96 bits per heavy atom. The van der Waals surface area contributed by atoms with E-state index < -0.39 is 11.6 Å². The molecule has 1 N–H and O–H groups in total. The first-order valence-electron chi connectivity index (χ1n) is 8.03. The fourth-order valence-electron chi connectivity index (χ4n) is 3.13. The van der Waals surface area contributed by atoms with Crippen LogP contribution in [0.1, 0.15) is 22.8 Å². The molecule has 2 aromatic carbocycles. The molecule has 1 atom stereocenters. The van der Waals surface area contributed by atoms with Crippen LogP contribution in [0.5, 0.6) is 0 Å². The molecule has 0 saturated carbocycles. The van der Waals surface area contributed by atoms with E-state index in [9.17, 15) is 9.59 Å². The average molecular weight is 332 g/mol. The molecule has 25 heavy (non-hydrogen) atoms. The lowest BCUT2D eigenvalue weighted by molar-refractivity contribution is -0.134. The van der Waals surface area contributed by atoms with Crippen molar-refractivity contribution in [2.45, 2.75) is 18.9 Å². The van der Waals surface area contributed by atoms with Crippen molar-refractivity contribution in [3.63, 3.8) is 0 Å². The highest BCUT2D eigenvalue weighted by atomic mass is 16.6. The van der Waals surface area contributed by atoms with Gasteiger partial charge in [-0.05, 0) is 42.8 Å². The molecule has 124 valence electrons. The van der Waals surface area contributed by atoms with Gasteiger partial charge in [0, 0.05) is 18.0 Å². The van der Waals surface area contributed by atoms with Gasteiger partial charge in [0.15, 0.2) is 5.60 Å². The summed E-state index contributed by atoms with van der Waals surface area (Å²) >= 11 is 0. The van der Waals surface area contributed by atoms with E-state index in [1.807, 2.05) is 42.5 Å². The van der Waals surface area contributed by atoms with Gasteiger partial charge >= 0.3 is 5.97 Å². The Morgan fingerprint density at radius 3 is 2.84 bits per heavy atom. The second-order valence-corrected chi connectivity index (χ2v) is 6.28. The molecule has 0 bridgehead atoms. The molecule has 0 spiro atoms. The van der Waals surface area contributed by atoms with Crippen molar-refractivity contribution >= 4 is 28.5 Å². The van der Waals surface area contributed by atoms with Crippen LogP contribution in [0.15, 0.2) is 60.8 Å². The van der Waals surface area contributed by atoms with Gasteiger partial charge in [-0.25, -0.2) is 4.79 Å². The van der Waals surface area contributed by atoms with Crippen molar-refractivity contribution in [1.82, 2.24) is 4.98 Å². The van der Waals surface area contributed by atoms with E-state index in [-0.39, 0.29) is 5.91 Å². The number of hydrogen-bond acceptors (Lipinski definition) is 4. The number of benzene rings is 2. The van der Waals surface area contributed by atoms with Gasteiger partial charge in [-0.1, -0.05) is 24.3 Å². The smallest absolute Gasteiger partial charge is 0.339 e. The molecule has 0 fully saturated rings. The maximum Gasteiger partial charge on any atom is 0.339 e. The minimum atomic E-state index is -1.25. The lowest BCUT2D eigenvalue weighted by atomic mass is 9.89. The van der Waals surface area contributed by atoms with E-state index >= 15 is 0 Å². The summed E-state index contributed by atoms with van der Waals surface area (Å²) in [5.74, 6) is -0.828. The van der Waals surface area contributed by atoms with E-state index in [1.165, 1.54) is 0 Å². The Labute approximate surface area is 144 Å². The molecule has 1 aliphatic rings. The van der Waals surface area contributed by atoms with Crippen LogP contribution >= 0.6 is 0 Å². The van der Waals surface area contributed by atoms with Gasteiger partial charge in [-0.3, -0.25) is 9.78 Å². The summed E-state index contributed by atoms with van der Waals surface area (Å²) < 4.78 is 5.48. The predicted molar refractivity (Wildman–Crippen MR) is 94.3 cm³/mol. The second kappa shape index (κ2) is 5.70. The molecule has 2 heterocycles. The fourth-order valence-corrected chi connectivity index (χ4v) is 3.13. The van der Waals surface area contributed by atoms with Crippen LogP contribution < -0.4 is 5.32 Å². The molecule has 0 unspecified atom stereocenters. The second-order valence-electron chi connectivity index (χ2n) is 6.28. The van der Waals surface area contributed by atoms with Gasteiger partial charge in [-0.2, -0.15) is 0 Å². The number of aromatic nitrogens is 1. The number of pyridine rings is 1. The number of cyclic esters (lactones) is 1. The zero-order valence-corrected chi connectivity index (χ0v) is 13.7. The summed E-state index contributed by atoms with van der Waals surface area (Å²) in [7, 11) is 0. The molecule has 5 heteroatoms. The first kappa shape index (κ1) is 15.3. The minimum Gasteiger partial charge on any atom is -0.445 e. The van der Waals surface area contributed by atoms with Gasteiger partial charge in [0.2, 0.25) is 0 Å². The molecular formula is C20H16N2O3. The Kier molecular flexibility index (Phi) is 3.50. The number of fused-ring (bicyclic) bond motifs is 2. The molecule has 1 aliphatic heterocycles. The summed E-state index contributed by atoms with van der Waals surface area (Å²) in [6, 6.07) is 16.4. The fraction of sp³-hybridized carbons (Fsp3) is 0.150. The predicted octanol–water partition coefficient (Wildman–Crippen LogP) is 3.35. The summed E-state index contributed by atoms with van der Waals surface area (Å²) in [5.41, 5.74) is 1.51. The van der Waals surface area contributed by atoms with E-state index in [0.717, 1.165) is 16.5 Å². The van der Waals surface area contributed by atoms with Gasteiger partial charge < -0.3 is 10.1 Å². The molecule has 1 aromatic heterocycles. The number of carbonyl (C=O) groups excluding carboxylic acids is 2. The third-order valence-electron chi connectivity index (χ3n) is 4.46. The number of esters is 1. The maximum atomic E-state index is 12.9. The number of amides is 1. The standard InChI is InChI=1S/C20H16N2O3/c1-20(12-13-6-2-3-7-14(13)18(23)25-20)19(24)22-17-10-4-9-16-15(17)8-5-11-21-16/h2-11H,12H2,1H3,(H,22,24)/t20-/m0/s1. The number of ether oxygens (including phenoxy) is 1. The Bertz CT molecular complexity index is 994. The van der Waals surface area contributed by atoms with Gasteiger partial charge in [0.25, 0.3) is 5.91 Å². The summed E-state index contributed by atoms with van der Waals surface area (Å²) in [5, 5.41) is 3.73. The van der Waals surface area contributed by atoms with Gasteiger partial charge in [0.05, 0.1) is 16.8 Å². The molecule has 0 saturated heterocycles. The van der Waals surface area contributed by atoms with Crippen LogP contribution in [-0.2, 0) is 16.0 Å². The molecule has 1 amide bonds. The van der Waals surface area contributed by atoms with Crippen LogP contribution in [0.4, 0.5) is 5.69 Å². The van der Waals surface area contributed by atoms with Crippen molar-refractivity contribution in [2.75, 3.05) is 5.32 Å². The SMILES string of the molecule is C[C@@]1(C(=O)Nc2cccc3ncccc23)Cc2ccccc2C(=O)O1. The average Bonchev–Trinajstić information content (AvgIpc) is 2.62. The number of hydrogen-bond donors (Lipinski definition) is 1. The Balaban J connectivity index is 1.66. The minimum absolute atomic E-state index is 0.337. The zero-order valence-electron chi connectivity index (χ0n) is 13.7. The first-order chi connectivity index (χ1) is 12.1. The van der Waals surface area contributed by atoms with Crippen LogP contribution in [-0.4, -0.2) is 22.5 Å². The molecule has 0 aliphatic carbocycles. The topological polar surface area (TPSA) is 68.3 Å². The van der Waals surface area contributed by atoms with Crippen LogP contribution in [0, 0.1) is 0 Å². The number of nitrogens with one attached hydrogen (secondary N) is 1. The summed E-state index contributed by atoms with van der Waals surface area (Å²) in [4.78, 5) is 29.4. The lowest BCUT2D eigenvalue weighted by Crippen LogP contribution is -2.48. The third kappa shape index (κ3) is 2.63. The van der Waals surface area contributed by atoms with Gasteiger partial charge in [-0.15, -0.1) is 0 Å². The highest BCUT2D eigenvalue weighted by Crippen LogP contribution is 2.30. The van der Waals surface area contributed by atoms with E-state index in [2.05, 4.69) is 10.3 Å². The maximum absolute atomic E-state index is 12.9. The van der Waals surface area contributed by atoms with Crippen LogP contribution in [0.25, 0.3) is 10.9 Å².